The molecule has 0 bridgehead atoms. The van der Waals surface area contributed by atoms with Crippen LogP contribution in [0.15, 0.2) is 54.9 Å². The number of pyridine rings is 1. The van der Waals surface area contributed by atoms with Crippen molar-refractivity contribution in [1.82, 2.24) is 10.3 Å². The second-order valence-corrected chi connectivity index (χ2v) is 5.33. The summed E-state index contributed by atoms with van der Waals surface area (Å²) in [5.41, 5.74) is 1.36. The van der Waals surface area contributed by atoms with Gasteiger partial charge in [-0.1, -0.05) is 30.3 Å². The number of urea groups is 1. The van der Waals surface area contributed by atoms with Gasteiger partial charge in [0.05, 0.1) is 18.3 Å². The fraction of sp³-hybridized carbons (Fsp3) is 0.235. The van der Waals surface area contributed by atoms with E-state index in [4.69, 9.17) is 0 Å². The number of nitrogens with zero attached hydrogens (tertiary/aromatic N) is 2. The lowest BCUT2D eigenvalue weighted by molar-refractivity contribution is -0.117. The Hall–Kier alpha value is -2.69. The van der Waals surface area contributed by atoms with E-state index in [-0.39, 0.29) is 24.4 Å². The van der Waals surface area contributed by atoms with Crippen molar-refractivity contribution in [1.29, 1.82) is 0 Å². The molecular formula is C17H17N3O2. The summed E-state index contributed by atoms with van der Waals surface area (Å²) in [5, 5.41) is 2.86. The van der Waals surface area contributed by atoms with Gasteiger partial charge in [-0.2, -0.15) is 0 Å². The highest BCUT2D eigenvalue weighted by Gasteiger charge is 2.29. The average Bonchev–Trinajstić information content (AvgIpc) is 3.33. The highest BCUT2D eigenvalue weighted by atomic mass is 16.2. The average molecular weight is 295 g/mol. The van der Waals surface area contributed by atoms with Crippen LogP contribution >= 0.6 is 0 Å². The molecule has 0 aliphatic heterocycles. The minimum Gasteiger partial charge on any atom is -0.335 e. The summed E-state index contributed by atoms with van der Waals surface area (Å²) < 4.78 is 0. The second kappa shape index (κ2) is 6.39. The lowest BCUT2D eigenvalue weighted by Crippen LogP contribution is -2.45. The van der Waals surface area contributed by atoms with Crippen molar-refractivity contribution in [2.24, 2.45) is 0 Å². The molecule has 5 heteroatoms. The van der Waals surface area contributed by atoms with Gasteiger partial charge in [0.15, 0.2) is 0 Å². The van der Waals surface area contributed by atoms with Gasteiger partial charge in [-0.3, -0.25) is 9.78 Å². The SMILES string of the molecule is O=C(Cc1ccccc1)N(C(=O)NC1CC1)c1cccnc1. The Labute approximate surface area is 129 Å². The third kappa shape index (κ3) is 3.49. The fourth-order valence-electron chi connectivity index (χ4n) is 2.18. The molecule has 2 aromatic rings. The van der Waals surface area contributed by atoms with Crippen molar-refractivity contribution in [2.45, 2.75) is 25.3 Å². The zero-order valence-electron chi connectivity index (χ0n) is 12.1. The molecular weight excluding hydrogens is 278 g/mol. The van der Waals surface area contributed by atoms with E-state index in [1.807, 2.05) is 30.3 Å². The highest BCUT2D eigenvalue weighted by Crippen LogP contribution is 2.21. The van der Waals surface area contributed by atoms with E-state index in [0.717, 1.165) is 18.4 Å². The molecule has 0 saturated heterocycles. The van der Waals surface area contributed by atoms with Crippen LogP contribution in [-0.2, 0) is 11.2 Å². The molecule has 0 atom stereocenters. The molecule has 0 radical (unpaired) electrons. The molecule has 3 amide bonds. The van der Waals surface area contributed by atoms with Gasteiger partial charge in [-0.25, -0.2) is 9.69 Å². The number of rotatable bonds is 4. The van der Waals surface area contributed by atoms with E-state index in [0.29, 0.717) is 5.69 Å². The maximum absolute atomic E-state index is 12.6. The van der Waals surface area contributed by atoms with Gasteiger partial charge in [-0.05, 0) is 30.5 Å². The van der Waals surface area contributed by atoms with Crippen LogP contribution in [0, 0.1) is 0 Å². The van der Waals surface area contributed by atoms with E-state index < -0.39 is 0 Å². The predicted octanol–water partition coefficient (Wildman–Crippen LogP) is 2.53. The zero-order valence-corrected chi connectivity index (χ0v) is 12.1. The molecule has 0 unspecified atom stereocenters. The van der Waals surface area contributed by atoms with Crippen molar-refractivity contribution < 1.29 is 9.59 Å². The van der Waals surface area contributed by atoms with Crippen LogP contribution in [0.25, 0.3) is 0 Å². The van der Waals surface area contributed by atoms with Crippen LogP contribution < -0.4 is 10.2 Å². The first-order valence-electron chi connectivity index (χ1n) is 7.31. The van der Waals surface area contributed by atoms with Crippen LogP contribution in [0.3, 0.4) is 0 Å². The lowest BCUT2D eigenvalue weighted by atomic mass is 10.1. The lowest BCUT2D eigenvalue weighted by Gasteiger charge is -2.21. The van der Waals surface area contributed by atoms with Crippen molar-refractivity contribution in [3.63, 3.8) is 0 Å². The number of anilines is 1. The Balaban J connectivity index is 1.80. The van der Waals surface area contributed by atoms with E-state index in [2.05, 4.69) is 10.3 Å². The van der Waals surface area contributed by atoms with Gasteiger partial charge in [0, 0.05) is 12.2 Å². The van der Waals surface area contributed by atoms with E-state index in [1.165, 1.54) is 11.1 Å². The van der Waals surface area contributed by atoms with Gasteiger partial charge < -0.3 is 5.32 Å². The number of hydrogen-bond donors (Lipinski definition) is 1. The first-order chi connectivity index (χ1) is 10.7. The van der Waals surface area contributed by atoms with Gasteiger partial charge in [0.25, 0.3) is 0 Å². The molecule has 1 aliphatic carbocycles. The number of nitrogens with one attached hydrogen (secondary N) is 1. The summed E-state index contributed by atoms with van der Waals surface area (Å²) in [6.07, 6.45) is 5.25. The summed E-state index contributed by atoms with van der Waals surface area (Å²) in [6, 6.07) is 12.6. The molecule has 1 heterocycles. The first kappa shape index (κ1) is 14.3. The number of carbonyl (C=O) groups is 2. The van der Waals surface area contributed by atoms with Crippen LogP contribution in [0.5, 0.6) is 0 Å². The standard InChI is InChI=1S/C17H17N3O2/c21-16(11-13-5-2-1-3-6-13)20(15-7-4-10-18-12-15)17(22)19-14-8-9-14/h1-7,10,12,14H,8-9,11H2,(H,19,22). The summed E-state index contributed by atoms with van der Waals surface area (Å²) in [6.45, 7) is 0. The van der Waals surface area contributed by atoms with E-state index in [9.17, 15) is 9.59 Å². The number of amides is 3. The maximum Gasteiger partial charge on any atom is 0.329 e. The minimum atomic E-state index is -0.378. The Morgan fingerprint density at radius 1 is 1.14 bits per heavy atom. The normalized spacial score (nSPS) is 13.5. The largest absolute Gasteiger partial charge is 0.335 e. The number of carbonyl (C=O) groups excluding carboxylic acids is 2. The van der Waals surface area contributed by atoms with E-state index in [1.54, 1.807) is 18.3 Å². The van der Waals surface area contributed by atoms with Gasteiger partial charge in [-0.15, -0.1) is 0 Å². The predicted molar refractivity (Wildman–Crippen MR) is 83.4 cm³/mol. The van der Waals surface area contributed by atoms with Gasteiger partial charge in [0.2, 0.25) is 5.91 Å². The van der Waals surface area contributed by atoms with Crippen LogP contribution in [0.4, 0.5) is 10.5 Å². The van der Waals surface area contributed by atoms with Crippen molar-refractivity contribution in [2.75, 3.05) is 4.90 Å². The quantitative estimate of drug-likeness (QED) is 0.942. The molecule has 1 fully saturated rings. The summed E-state index contributed by atoms with van der Waals surface area (Å²) in [7, 11) is 0. The second-order valence-electron chi connectivity index (χ2n) is 5.33. The first-order valence-corrected chi connectivity index (χ1v) is 7.31. The van der Waals surface area contributed by atoms with Gasteiger partial charge >= 0.3 is 6.03 Å². The molecule has 112 valence electrons. The Morgan fingerprint density at radius 3 is 2.55 bits per heavy atom. The number of aromatic nitrogens is 1. The molecule has 0 spiro atoms. The Kier molecular flexibility index (Phi) is 4.14. The number of hydrogen-bond acceptors (Lipinski definition) is 3. The Bertz CT molecular complexity index is 654. The molecule has 1 aromatic carbocycles. The highest BCUT2D eigenvalue weighted by molar-refractivity contribution is 6.14. The molecule has 22 heavy (non-hydrogen) atoms. The third-order valence-electron chi connectivity index (χ3n) is 3.46. The van der Waals surface area contributed by atoms with Crippen LogP contribution in [0.1, 0.15) is 18.4 Å². The van der Waals surface area contributed by atoms with Crippen LogP contribution in [-0.4, -0.2) is 23.0 Å². The molecule has 3 rings (SSSR count). The van der Waals surface area contributed by atoms with Gasteiger partial charge in [0.1, 0.15) is 0 Å². The van der Waals surface area contributed by atoms with E-state index >= 15 is 0 Å². The number of benzene rings is 1. The van der Waals surface area contributed by atoms with Crippen molar-refractivity contribution in [3.05, 3.63) is 60.4 Å². The molecule has 1 saturated carbocycles. The summed E-state index contributed by atoms with van der Waals surface area (Å²) in [5.74, 6) is -0.266. The molecule has 1 aliphatic rings. The summed E-state index contributed by atoms with van der Waals surface area (Å²) in [4.78, 5) is 30.2. The number of imide groups is 1. The van der Waals surface area contributed by atoms with Crippen molar-refractivity contribution >= 4 is 17.6 Å². The molecule has 1 aromatic heterocycles. The van der Waals surface area contributed by atoms with Crippen molar-refractivity contribution in [3.8, 4) is 0 Å². The maximum atomic E-state index is 12.6. The monoisotopic (exact) mass is 295 g/mol. The molecule has 1 N–H and O–H groups in total. The fourth-order valence-corrected chi connectivity index (χ4v) is 2.18. The van der Waals surface area contributed by atoms with Crippen LogP contribution in [0.2, 0.25) is 0 Å². The molecule has 5 nitrogen and oxygen atoms in total. The topological polar surface area (TPSA) is 62.3 Å². The Morgan fingerprint density at radius 2 is 1.91 bits per heavy atom. The minimum absolute atomic E-state index is 0.174. The third-order valence-corrected chi connectivity index (χ3v) is 3.46. The zero-order chi connectivity index (χ0) is 15.4. The smallest absolute Gasteiger partial charge is 0.329 e. The summed E-state index contributed by atoms with van der Waals surface area (Å²) >= 11 is 0.